The predicted molar refractivity (Wildman–Crippen MR) is 104 cm³/mol. The first kappa shape index (κ1) is 16.0. The number of hydrogen-bond donors (Lipinski definition) is 0. The normalized spacial score (nSPS) is 57.6. The monoisotopic (exact) mass is 340 g/mol. The van der Waals surface area contributed by atoms with E-state index in [0.717, 1.165) is 5.41 Å². The molecule has 0 saturated heterocycles. The molecule has 0 nitrogen and oxygen atoms in total. The van der Waals surface area contributed by atoms with Crippen molar-refractivity contribution in [1.82, 2.24) is 0 Å². The van der Waals surface area contributed by atoms with Crippen molar-refractivity contribution in [2.24, 2.45) is 52.8 Å². The Bertz CT molecular complexity index is 413. The smallest absolute Gasteiger partial charge is 0.0173 e. The van der Waals surface area contributed by atoms with E-state index in [9.17, 15) is 0 Å². The van der Waals surface area contributed by atoms with Crippen LogP contribution in [0.15, 0.2) is 0 Å². The summed E-state index contributed by atoms with van der Waals surface area (Å²) in [6, 6.07) is 0. The van der Waals surface area contributed by atoms with E-state index >= 15 is 0 Å². The fourth-order valence-corrected chi connectivity index (χ4v) is 10.8. The average Bonchev–Trinajstić information content (AvgIpc) is 3.16. The highest BCUT2D eigenvalue weighted by molar-refractivity contribution is 5.19. The summed E-state index contributed by atoms with van der Waals surface area (Å²) in [5.41, 5.74) is 0.854. The molecule has 6 saturated carbocycles. The maximum atomic E-state index is 1.64. The molecule has 140 valence electrons. The van der Waals surface area contributed by atoms with E-state index in [-0.39, 0.29) is 0 Å². The van der Waals surface area contributed by atoms with Crippen LogP contribution in [-0.4, -0.2) is 0 Å². The van der Waals surface area contributed by atoms with Crippen LogP contribution in [0, 0.1) is 52.8 Å². The topological polar surface area (TPSA) is 0 Å². The molecule has 0 aromatic carbocycles. The minimum atomic E-state index is 0.854. The van der Waals surface area contributed by atoms with Gasteiger partial charge in [-0.2, -0.15) is 0 Å². The maximum absolute atomic E-state index is 1.64. The zero-order chi connectivity index (χ0) is 16.4. The molecular formula is C25H40. The van der Waals surface area contributed by atoms with Crippen molar-refractivity contribution in [2.45, 2.75) is 103 Å². The van der Waals surface area contributed by atoms with E-state index in [1.807, 2.05) is 0 Å². The van der Waals surface area contributed by atoms with E-state index in [4.69, 9.17) is 0 Å². The molecule has 6 aliphatic carbocycles. The molecule has 0 radical (unpaired) electrons. The molecule has 0 bridgehead atoms. The second-order valence-electron chi connectivity index (χ2n) is 11.2. The largest absolute Gasteiger partial charge is 0.0530 e. The van der Waals surface area contributed by atoms with Gasteiger partial charge < -0.3 is 0 Å². The molecule has 0 heterocycles. The zero-order valence-electron chi connectivity index (χ0n) is 16.4. The summed E-state index contributed by atoms with van der Waals surface area (Å²) in [4.78, 5) is 0. The molecule has 0 heteroatoms. The highest BCUT2D eigenvalue weighted by Crippen LogP contribution is 2.77. The summed E-state index contributed by atoms with van der Waals surface area (Å²) < 4.78 is 0. The van der Waals surface area contributed by atoms with Crippen LogP contribution in [-0.2, 0) is 0 Å². The summed E-state index contributed by atoms with van der Waals surface area (Å²) in [7, 11) is 0. The molecule has 6 aliphatic rings. The Morgan fingerprint density at radius 1 is 0.320 bits per heavy atom. The number of rotatable bonds is 0. The van der Waals surface area contributed by atoms with Crippen molar-refractivity contribution in [2.75, 3.05) is 0 Å². The van der Waals surface area contributed by atoms with Crippen molar-refractivity contribution >= 4 is 0 Å². The van der Waals surface area contributed by atoms with Crippen molar-refractivity contribution in [3.63, 3.8) is 0 Å². The second kappa shape index (κ2) is 6.00. The predicted octanol–water partition coefficient (Wildman–Crippen LogP) is 7.23. The molecule has 8 atom stereocenters. The molecule has 6 fully saturated rings. The molecule has 0 N–H and O–H groups in total. The lowest BCUT2D eigenvalue weighted by atomic mass is 9.53. The van der Waals surface area contributed by atoms with Crippen molar-refractivity contribution in [1.29, 1.82) is 0 Å². The molecule has 0 aliphatic heterocycles. The first-order chi connectivity index (χ1) is 12.4. The van der Waals surface area contributed by atoms with Crippen LogP contribution in [0.3, 0.4) is 0 Å². The second-order valence-corrected chi connectivity index (χ2v) is 11.2. The van der Waals surface area contributed by atoms with Crippen LogP contribution < -0.4 is 0 Å². The van der Waals surface area contributed by atoms with Gasteiger partial charge in [-0.05, 0) is 104 Å². The molecule has 0 amide bonds. The Hall–Kier alpha value is 0. The standard InChI is InChI=1S/C25H40/c1-5-13-21-17(9-1)18-10-2-6-14-22(18)25(21)23-15-7-3-11-19(23)20-12-4-8-16-24(20)25/h17-24H,1-16H2. The van der Waals surface area contributed by atoms with Crippen LogP contribution in [0.4, 0.5) is 0 Å². The van der Waals surface area contributed by atoms with Gasteiger partial charge >= 0.3 is 0 Å². The summed E-state index contributed by atoms with van der Waals surface area (Å²) in [6.07, 6.45) is 25.7. The minimum absolute atomic E-state index is 0.854. The fraction of sp³-hybridized carbons (Fsp3) is 1.00. The molecule has 8 unspecified atom stereocenters. The highest BCUT2D eigenvalue weighted by Gasteiger charge is 2.71. The third-order valence-corrected chi connectivity index (χ3v) is 10.9. The van der Waals surface area contributed by atoms with Crippen LogP contribution in [0.2, 0.25) is 0 Å². The number of hydrogen-bond acceptors (Lipinski definition) is 0. The van der Waals surface area contributed by atoms with Crippen LogP contribution in [0.1, 0.15) is 103 Å². The van der Waals surface area contributed by atoms with Gasteiger partial charge in [0.1, 0.15) is 0 Å². The third-order valence-electron chi connectivity index (χ3n) is 10.9. The Balaban J connectivity index is 1.50. The SMILES string of the molecule is C1CCC2C(C1)C1CCCCC1C21C2CCCCC2C2CCCCC21. The lowest BCUT2D eigenvalue weighted by Crippen LogP contribution is -2.46. The summed E-state index contributed by atoms with van der Waals surface area (Å²) in [5, 5.41) is 0. The van der Waals surface area contributed by atoms with Gasteiger partial charge in [0.25, 0.3) is 0 Å². The van der Waals surface area contributed by atoms with Crippen molar-refractivity contribution in [3.8, 4) is 0 Å². The quantitative estimate of drug-likeness (QED) is 0.436. The Morgan fingerprint density at radius 2 is 0.560 bits per heavy atom. The Labute approximate surface area is 155 Å². The van der Waals surface area contributed by atoms with Gasteiger partial charge in [0.15, 0.2) is 0 Å². The van der Waals surface area contributed by atoms with Gasteiger partial charge in [-0.1, -0.05) is 51.4 Å². The van der Waals surface area contributed by atoms with Crippen molar-refractivity contribution < 1.29 is 0 Å². The Kier molecular flexibility index (Phi) is 3.84. The zero-order valence-corrected chi connectivity index (χ0v) is 16.4. The van der Waals surface area contributed by atoms with Crippen LogP contribution in [0.25, 0.3) is 0 Å². The molecule has 6 rings (SSSR count). The average molecular weight is 341 g/mol. The van der Waals surface area contributed by atoms with Crippen LogP contribution in [0.5, 0.6) is 0 Å². The molecule has 25 heavy (non-hydrogen) atoms. The van der Waals surface area contributed by atoms with Gasteiger partial charge in [0.2, 0.25) is 0 Å². The van der Waals surface area contributed by atoms with Gasteiger partial charge in [-0.3, -0.25) is 0 Å². The summed E-state index contributed by atoms with van der Waals surface area (Å²) >= 11 is 0. The van der Waals surface area contributed by atoms with E-state index in [2.05, 4.69) is 0 Å². The van der Waals surface area contributed by atoms with Gasteiger partial charge in [0, 0.05) is 0 Å². The van der Waals surface area contributed by atoms with E-state index in [1.165, 1.54) is 47.3 Å². The third kappa shape index (κ3) is 2.01. The van der Waals surface area contributed by atoms with Crippen LogP contribution >= 0.6 is 0 Å². The van der Waals surface area contributed by atoms with Gasteiger partial charge in [0.05, 0.1) is 0 Å². The minimum Gasteiger partial charge on any atom is -0.0530 e. The summed E-state index contributed by atoms with van der Waals surface area (Å²) in [5.74, 6) is 9.37. The van der Waals surface area contributed by atoms with E-state index in [1.54, 1.807) is 103 Å². The van der Waals surface area contributed by atoms with Crippen molar-refractivity contribution in [3.05, 3.63) is 0 Å². The lowest BCUT2D eigenvalue weighted by Gasteiger charge is -2.51. The molecule has 0 aromatic heterocycles. The molecule has 0 aromatic rings. The molecule has 1 spiro atoms. The molecular weight excluding hydrogens is 300 g/mol. The fourth-order valence-electron chi connectivity index (χ4n) is 10.8. The first-order valence-electron chi connectivity index (χ1n) is 12.4. The van der Waals surface area contributed by atoms with Gasteiger partial charge in [-0.25, -0.2) is 0 Å². The number of fused-ring (bicyclic) bond motifs is 10. The highest BCUT2D eigenvalue weighted by atomic mass is 14.8. The Morgan fingerprint density at radius 3 is 0.840 bits per heavy atom. The van der Waals surface area contributed by atoms with E-state index in [0.29, 0.717) is 0 Å². The van der Waals surface area contributed by atoms with Gasteiger partial charge in [-0.15, -0.1) is 0 Å². The summed E-state index contributed by atoms with van der Waals surface area (Å²) in [6.45, 7) is 0. The van der Waals surface area contributed by atoms with E-state index < -0.39 is 0 Å². The maximum Gasteiger partial charge on any atom is -0.0173 e. The lowest BCUT2D eigenvalue weighted by molar-refractivity contribution is -0.0355. The first-order valence-corrected chi connectivity index (χ1v) is 12.4.